The lowest BCUT2D eigenvalue weighted by molar-refractivity contribution is -0.143. The van der Waals surface area contributed by atoms with Gasteiger partial charge in [0, 0.05) is 19.4 Å². The van der Waals surface area contributed by atoms with Crippen molar-refractivity contribution in [1.29, 1.82) is 0 Å². The first-order chi connectivity index (χ1) is 9.58. The van der Waals surface area contributed by atoms with Crippen LogP contribution in [0.25, 0.3) is 0 Å². The normalized spacial score (nSPS) is 13.2. The Morgan fingerprint density at radius 2 is 2.05 bits per heavy atom. The summed E-state index contributed by atoms with van der Waals surface area (Å²) in [4.78, 5) is 22.8. The van der Waals surface area contributed by atoms with E-state index < -0.39 is 12.0 Å². The summed E-state index contributed by atoms with van der Waals surface area (Å²) in [5.41, 5.74) is 0.969. The molecule has 0 saturated heterocycles. The molecule has 0 aliphatic carbocycles. The summed E-state index contributed by atoms with van der Waals surface area (Å²) in [6.45, 7) is 3.66. The number of carbonyl (C=O) groups excluding carboxylic acids is 1. The Kier molecular flexibility index (Phi) is 6.46. The highest BCUT2D eigenvalue weighted by Gasteiger charge is 2.21. The van der Waals surface area contributed by atoms with Crippen molar-refractivity contribution in [3.63, 3.8) is 0 Å². The molecule has 2 atom stereocenters. The van der Waals surface area contributed by atoms with Gasteiger partial charge in [0.2, 0.25) is 5.91 Å². The Bertz CT molecular complexity index is 458. The lowest BCUT2D eigenvalue weighted by Gasteiger charge is -2.16. The van der Waals surface area contributed by atoms with E-state index in [4.69, 9.17) is 9.84 Å². The second-order valence-electron chi connectivity index (χ2n) is 4.37. The highest BCUT2D eigenvalue weighted by atomic mass is 16.5. The third-order valence-electron chi connectivity index (χ3n) is 2.88. The first kappa shape index (κ1) is 15.9. The Morgan fingerprint density at radius 3 is 2.55 bits per heavy atom. The molecule has 0 radical (unpaired) electrons. The molecule has 0 heterocycles. The van der Waals surface area contributed by atoms with E-state index in [1.807, 2.05) is 30.3 Å². The zero-order valence-corrected chi connectivity index (χ0v) is 11.4. The van der Waals surface area contributed by atoms with Crippen LogP contribution < -0.4 is 5.32 Å². The minimum atomic E-state index is -1.12. The largest absolute Gasteiger partial charge is 0.480 e. The smallest absolute Gasteiger partial charge is 0.328 e. The number of hydrogen-bond donors (Lipinski definition) is 2. The molecule has 2 unspecified atom stereocenters. The molecule has 2 N–H and O–H groups in total. The third-order valence-corrected chi connectivity index (χ3v) is 2.88. The molecule has 1 rings (SSSR count). The number of aliphatic carboxylic acids is 1. The monoisotopic (exact) mass is 277 g/mol. The Labute approximate surface area is 118 Å². The van der Waals surface area contributed by atoms with Crippen molar-refractivity contribution in [2.75, 3.05) is 13.7 Å². The zero-order chi connectivity index (χ0) is 15.0. The predicted octanol–water partition coefficient (Wildman–Crippen LogP) is 1.56. The number of methoxy groups -OCH3 is 1. The van der Waals surface area contributed by atoms with Crippen LogP contribution in [0.3, 0.4) is 0 Å². The molecule has 0 aromatic heterocycles. The summed E-state index contributed by atoms with van der Waals surface area (Å²) in [5.74, 6) is -1.61. The number of carboxylic acid groups (broad SMARTS) is 1. The lowest BCUT2D eigenvalue weighted by atomic mass is 9.95. The molecule has 0 spiro atoms. The van der Waals surface area contributed by atoms with Gasteiger partial charge in [-0.2, -0.15) is 0 Å². The van der Waals surface area contributed by atoms with Gasteiger partial charge in [-0.3, -0.25) is 4.79 Å². The van der Waals surface area contributed by atoms with Gasteiger partial charge in [-0.1, -0.05) is 36.4 Å². The highest BCUT2D eigenvalue weighted by Crippen LogP contribution is 2.20. The number of hydrogen-bond acceptors (Lipinski definition) is 3. The van der Waals surface area contributed by atoms with Crippen LogP contribution in [0.2, 0.25) is 0 Å². The number of carboxylic acids is 1. The predicted molar refractivity (Wildman–Crippen MR) is 75.4 cm³/mol. The molecule has 5 heteroatoms. The summed E-state index contributed by atoms with van der Waals surface area (Å²) in [6, 6.07) is 8.44. The maximum absolute atomic E-state index is 11.9. The number of carbonyl (C=O) groups is 2. The summed E-state index contributed by atoms with van der Waals surface area (Å²) in [5, 5.41) is 11.4. The molecule has 0 bridgehead atoms. The molecule has 1 aromatic carbocycles. The molecule has 5 nitrogen and oxygen atoms in total. The fraction of sp³-hybridized carbons (Fsp3) is 0.333. The van der Waals surface area contributed by atoms with E-state index in [-0.39, 0.29) is 24.9 Å². The highest BCUT2D eigenvalue weighted by molar-refractivity contribution is 5.84. The average Bonchev–Trinajstić information content (AvgIpc) is 2.45. The second kappa shape index (κ2) is 8.12. The quantitative estimate of drug-likeness (QED) is 0.707. The number of ether oxygens (including phenoxy) is 1. The Balaban J connectivity index is 2.64. The Hall–Kier alpha value is -2.14. The van der Waals surface area contributed by atoms with Crippen molar-refractivity contribution >= 4 is 11.9 Å². The minimum Gasteiger partial charge on any atom is -0.480 e. The minimum absolute atomic E-state index is 0.0643. The molecule has 0 saturated carbocycles. The van der Waals surface area contributed by atoms with Crippen molar-refractivity contribution in [3.8, 4) is 0 Å². The van der Waals surface area contributed by atoms with Gasteiger partial charge in [0.05, 0.1) is 6.61 Å². The van der Waals surface area contributed by atoms with Gasteiger partial charge < -0.3 is 15.2 Å². The number of rotatable bonds is 8. The van der Waals surface area contributed by atoms with Crippen molar-refractivity contribution < 1.29 is 19.4 Å². The second-order valence-corrected chi connectivity index (χ2v) is 4.37. The van der Waals surface area contributed by atoms with Crippen LogP contribution in [0, 0.1) is 0 Å². The summed E-state index contributed by atoms with van der Waals surface area (Å²) in [6.07, 6.45) is 1.84. The molecule has 108 valence electrons. The van der Waals surface area contributed by atoms with Gasteiger partial charge >= 0.3 is 5.97 Å². The number of benzene rings is 1. The number of allylic oxidation sites excluding steroid dienone is 1. The van der Waals surface area contributed by atoms with E-state index >= 15 is 0 Å². The average molecular weight is 277 g/mol. The molecule has 0 aliphatic rings. The van der Waals surface area contributed by atoms with Crippen LogP contribution in [-0.4, -0.2) is 36.7 Å². The maximum Gasteiger partial charge on any atom is 0.328 e. The van der Waals surface area contributed by atoms with Crippen molar-refractivity contribution in [2.45, 2.75) is 18.4 Å². The lowest BCUT2D eigenvalue weighted by Crippen LogP contribution is -2.44. The first-order valence-corrected chi connectivity index (χ1v) is 6.27. The number of amides is 1. The van der Waals surface area contributed by atoms with E-state index in [1.165, 1.54) is 7.11 Å². The Morgan fingerprint density at radius 1 is 1.40 bits per heavy atom. The van der Waals surface area contributed by atoms with Gasteiger partial charge in [0.15, 0.2) is 6.04 Å². The molecule has 0 aliphatic heterocycles. The van der Waals surface area contributed by atoms with Crippen molar-refractivity contribution in [2.24, 2.45) is 0 Å². The molecular weight excluding hydrogens is 258 g/mol. The van der Waals surface area contributed by atoms with Crippen LogP contribution >= 0.6 is 0 Å². The molecule has 0 fully saturated rings. The summed E-state index contributed by atoms with van der Waals surface area (Å²) < 4.78 is 4.77. The van der Waals surface area contributed by atoms with E-state index in [0.717, 1.165) is 5.56 Å². The van der Waals surface area contributed by atoms with Crippen LogP contribution in [0.5, 0.6) is 0 Å². The molecule has 20 heavy (non-hydrogen) atoms. The van der Waals surface area contributed by atoms with Gasteiger partial charge in [0.1, 0.15) is 0 Å². The fourth-order valence-electron chi connectivity index (χ4n) is 1.83. The first-order valence-electron chi connectivity index (χ1n) is 6.27. The van der Waals surface area contributed by atoms with Crippen LogP contribution in [0.1, 0.15) is 17.9 Å². The summed E-state index contributed by atoms with van der Waals surface area (Å²) in [7, 11) is 1.39. The van der Waals surface area contributed by atoms with E-state index in [0.29, 0.717) is 0 Å². The fourth-order valence-corrected chi connectivity index (χ4v) is 1.83. The van der Waals surface area contributed by atoms with Gasteiger partial charge in [-0.15, -0.1) is 6.58 Å². The third kappa shape index (κ3) is 4.85. The number of nitrogens with one attached hydrogen (secondary N) is 1. The van der Waals surface area contributed by atoms with Gasteiger partial charge in [-0.25, -0.2) is 4.79 Å². The zero-order valence-electron chi connectivity index (χ0n) is 11.4. The van der Waals surface area contributed by atoms with E-state index in [1.54, 1.807) is 6.08 Å². The van der Waals surface area contributed by atoms with Gasteiger partial charge in [0.25, 0.3) is 0 Å². The molecule has 1 amide bonds. The van der Waals surface area contributed by atoms with E-state index in [2.05, 4.69) is 11.9 Å². The van der Waals surface area contributed by atoms with Crippen LogP contribution in [0.4, 0.5) is 0 Å². The van der Waals surface area contributed by atoms with Crippen LogP contribution in [-0.2, 0) is 14.3 Å². The molecular formula is C15H19NO4. The maximum atomic E-state index is 11.9. The van der Waals surface area contributed by atoms with Gasteiger partial charge in [-0.05, 0) is 5.56 Å². The van der Waals surface area contributed by atoms with Crippen LogP contribution in [0.15, 0.2) is 43.0 Å². The van der Waals surface area contributed by atoms with E-state index in [9.17, 15) is 9.59 Å². The van der Waals surface area contributed by atoms with Crippen molar-refractivity contribution in [1.82, 2.24) is 5.32 Å². The standard InChI is InChI=1S/C15H19NO4/c1-3-11(12-7-5-4-6-8-12)9-14(17)16-13(10-20-2)15(18)19/h3-8,11,13H,1,9-10H2,2H3,(H,16,17)(H,18,19). The topological polar surface area (TPSA) is 75.6 Å². The van der Waals surface area contributed by atoms with Crippen molar-refractivity contribution in [3.05, 3.63) is 48.6 Å². The SMILES string of the molecule is C=CC(CC(=O)NC(COC)C(=O)O)c1ccccc1. The molecule has 1 aromatic rings. The summed E-state index contributed by atoms with van der Waals surface area (Å²) >= 11 is 0.